The van der Waals surface area contributed by atoms with Gasteiger partial charge in [0.15, 0.2) is 5.84 Å². The number of aromatic nitrogens is 3. The highest BCUT2D eigenvalue weighted by molar-refractivity contribution is 5.99. The van der Waals surface area contributed by atoms with Crippen molar-refractivity contribution in [1.82, 2.24) is 31.2 Å². The van der Waals surface area contributed by atoms with Crippen molar-refractivity contribution in [3.8, 4) is 23.0 Å². The fraction of sp³-hybridized carbons (Fsp3) is 0.0667. The minimum atomic E-state index is -0.477. The molecule has 126 valence electrons. The first-order valence-corrected chi connectivity index (χ1v) is 7.19. The lowest BCUT2D eigenvalue weighted by Crippen LogP contribution is -2.37. The van der Waals surface area contributed by atoms with Crippen LogP contribution in [0, 0.1) is 11.6 Å². The van der Waals surface area contributed by atoms with Crippen LogP contribution in [0.25, 0.3) is 23.0 Å². The predicted molar refractivity (Wildman–Crippen MR) is 83.5 cm³/mol. The Morgan fingerprint density at radius 2 is 1.92 bits per heavy atom. The molecule has 10 heteroatoms. The monoisotopic (exact) mass is 343 g/mol. The zero-order valence-corrected chi connectivity index (χ0v) is 12.9. The van der Waals surface area contributed by atoms with E-state index < -0.39 is 11.6 Å². The standard InChI is InChI=1S/C15H11F2N7O/c1-24-14(20-22-23-24)8-4-9(6-11(17)5-8)15-19-13(21-25-15)12-3-2-10(16)7-18-12/h2-7,22-23H,1H3. The number of hydrogen-bond donors (Lipinski definition) is 2. The molecule has 0 saturated carbocycles. The third-order valence-electron chi connectivity index (χ3n) is 3.48. The first-order valence-electron chi connectivity index (χ1n) is 7.19. The Kier molecular flexibility index (Phi) is 3.58. The molecule has 2 aromatic heterocycles. The van der Waals surface area contributed by atoms with E-state index in [4.69, 9.17) is 4.52 Å². The summed E-state index contributed by atoms with van der Waals surface area (Å²) in [7, 11) is 1.73. The first-order chi connectivity index (χ1) is 12.1. The molecule has 0 aliphatic carbocycles. The SMILES string of the molecule is CN1NNN=C1c1cc(F)cc(-c2nc(-c3ccc(F)cn3)no2)c1. The maximum atomic E-state index is 14.0. The highest BCUT2D eigenvalue weighted by atomic mass is 19.1. The molecule has 0 unspecified atom stereocenters. The number of hydrazine groups is 2. The number of hydrazone groups is 1. The Balaban J connectivity index is 1.71. The second kappa shape index (κ2) is 5.91. The van der Waals surface area contributed by atoms with Crippen molar-refractivity contribution >= 4 is 5.84 Å². The van der Waals surface area contributed by atoms with E-state index in [-0.39, 0.29) is 11.7 Å². The Morgan fingerprint density at radius 3 is 2.64 bits per heavy atom. The maximum absolute atomic E-state index is 14.0. The van der Waals surface area contributed by atoms with E-state index in [0.29, 0.717) is 22.7 Å². The third kappa shape index (κ3) is 2.90. The van der Waals surface area contributed by atoms with Gasteiger partial charge in [-0.3, -0.25) is 5.01 Å². The molecule has 2 N–H and O–H groups in total. The molecular weight excluding hydrogens is 332 g/mol. The number of nitrogens with one attached hydrogen (secondary N) is 2. The van der Waals surface area contributed by atoms with Gasteiger partial charge in [-0.25, -0.2) is 19.3 Å². The van der Waals surface area contributed by atoms with E-state index in [2.05, 4.69) is 31.3 Å². The van der Waals surface area contributed by atoms with Crippen LogP contribution in [0.1, 0.15) is 5.56 Å². The maximum Gasteiger partial charge on any atom is 0.258 e. The Hall–Kier alpha value is -3.40. The van der Waals surface area contributed by atoms with Crippen molar-refractivity contribution < 1.29 is 13.3 Å². The molecule has 0 radical (unpaired) electrons. The van der Waals surface area contributed by atoms with E-state index in [0.717, 1.165) is 6.20 Å². The summed E-state index contributed by atoms with van der Waals surface area (Å²) in [6, 6.07) is 6.96. The van der Waals surface area contributed by atoms with E-state index in [1.807, 2.05) is 0 Å². The number of amidine groups is 1. The topological polar surface area (TPSA) is 91.5 Å². The van der Waals surface area contributed by atoms with Crippen LogP contribution >= 0.6 is 0 Å². The summed E-state index contributed by atoms with van der Waals surface area (Å²) in [6.07, 6.45) is 1.06. The molecule has 0 atom stereocenters. The predicted octanol–water partition coefficient (Wildman–Crippen LogP) is 1.69. The quantitative estimate of drug-likeness (QED) is 0.748. The molecule has 3 aromatic rings. The van der Waals surface area contributed by atoms with Gasteiger partial charge in [0.2, 0.25) is 5.82 Å². The fourth-order valence-corrected chi connectivity index (χ4v) is 2.33. The van der Waals surface area contributed by atoms with Gasteiger partial charge in [0, 0.05) is 18.2 Å². The zero-order chi connectivity index (χ0) is 17.4. The smallest absolute Gasteiger partial charge is 0.258 e. The van der Waals surface area contributed by atoms with E-state index >= 15 is 0 Å². The summed E-state index contributed by atoms with van der Waals surface area (Å²) < 4.78 is 32.1. The first kappa shape index (κ1) is 15.1. The van der Waals surface area contributed by atoms with Crippen LogP contribution in [-0.2, 0) is 0 Å². The van der Waals surface area contributed by atoms with Crippen molar-refractivity contribution in [2.75, 3.05) is 7.05 Å². The zero-order valence-electron chi connectivity index (χ0n) is 12.9. The number of pyridine rings is 1. The average molecular weight is 343 g/mol. The lowest BCUT2D eigenvalue weighted by Gasteiger charge is -2.12. The fourth-order valence-electron chi connectivity index (χ4n) is 2.33. The molecule has 0 amide bonds. The van der Waals surface area contributed by atoms with Crippen molar-refractivity contribution in [1.29, 1.82) is 0 Å². The summed E-state index contributed by atoms with van der Waals surface area (Å²) >= 11 is 0. The van der Waals surface area contributed by atoms with Crippen LogP contribution in [0.4, 0.5) is 8.78 Å². The molecule has 3 heterocycles. The minimum absolute atomic E-state index is 0.115. The van der Waals surface area contributed by atoms with Crippen LogP contribution in [0.2, 0.25) is 0 Å². The van der Waals surface area contributed by atoms with Gasteiger partial charge in [-0.1, -0.05) is 5.16 Å². The molecule has 8 nitrogen and oxygen atoms in total. The van der Waals surface area contributed by atoms with Gasteiger partial charge in [0.05, 0.1) is 6.20 Å². The number of rotatable bonds is 3. The highest BCUT2D eigenvalue weighted by Crippen LogP contribution is 2.24. The summed E-state index contributed by atoms with van der Waals surface area (Å²) in [5, 5.41) is 9.43. The van der Waals surface area contributed by atoms with Crippen LogP contribution in [0.15, 0.2) is 46.2 Å². The Labute approximate surface area is 140 Å². The van der Waals surface area contributed by atoms with Crippen LogP contribution in [0.3, 0.4) is 0 Å². The second-order valence-corrected chi connectivity index (χ2v) is 5.23. The van der Waals surface area contributed by atoms with Crippen molar-refractivity contribution in [3.63, 3.8) is 0 Å². The Morgan fingerprint density at radius 1 is 1.08 bits per heavy atom. The van der Waals surface area contributed by atoms with Gasteiger partial charge >= 0.3 is 0 Å². The minimum Gasteiger partial charge on any atom is -0.334 e. The normalized spacial score (nSPS) is 13.7. The molecule has 0 saturated heterocycles. The molecule has 4 rings (SSSR count). The third-order valence-corrected chi connectivity index (χ3v) is 3.48. The highest BCUT2D eigenvalue weighted by Gasteiger charge is 2.19. The van der Waals surface area contributed by atoms with Crippen LogP contribution in [0.5, 0.6) is 0 Å². The van der Waals surface area contributed by atoms with Gasteiger partial charge in [-0.15, -0.1) is 10.6 Å². The molecule has 1 aliphatic heterocycles. The molecule has 0 fully saturated rings. The molecule has 1 aromatic carbocycles. The van der Waals surface area contributed by atoms with Crippen LogP contribution in [-0.4, -0.2) is 33.0 Å². The lowest BCUT2D eigenvalue weighted by molar-refractivity contribution is 0.349. The molecule has 25 heavy (non-hydrogen) atoms. The van der Waals surface area contributed by atoms with Gasteiger partial charge in [0.1, 0.15) is 17.3 Å². The van der Waals surface area contributed by atoms with Gasteiger partial charge in [-0.05, 0) is 30.3 Å². The number of nitrogens with zero attached hydrogens (tertiary/aromatic N) is 5. The van der Waals surface area contributed by atoms with E-state index in [9.17, 15) is 8.78 Å². The summed E-state index contributed by atoms with van der Waals surface area (Å²) in [5.74, 6) is -0.148. The van der Waals surface area contributed by atoms with E-state index in [1.165, 1.54) is 24.3 Å². The number of benzene rings is 1. The second-order valence-electron chi connectivity index (χ2n) is 5.23. The largest absolute Gasteiger partial charge is 0.334 e. The van der Waals surface area contributed by atoms with Crippen molar-refractivity contribution in [2.45, 2.75) is 0 Å². The number of hydrogen-bond acceptors (Lipinski definition) is 8. The van der Waals surface area contributed by atoms with Gasteiger partial charge in [0.25, 0.3) is 5.89 Å². The van der Waals surface area contributed by atoms with Gasteiger partial charge < -0.3 is 4.52 Å². The summed E-state index contributed by atoms with van der Waals surface area (Å²) in [4.78, 5) is 8.08. The summed E-state index contributed by atoms with van der Waals surface area (Å²) in [6.45, 7) is 0. The van der Waals surface area contributed by atoms with E-state index in [1.54, 1.807) is 18.1 Å². The summed E-state index contributed by atoms with van der Waals surface area (Å²) in [5.41, 5.74) is 6.58. The molecule has 0 bridgehead atoms. The lowest BCUT2D eigenvalue weighted by atomic mass is 10.1. The molecule has 0 spiro atoms. The van der Waals surface area contributed by atoms with Crippen LogP contribution < -0.4 is 11.1 Å². The van der Waals surface area contributed by atoms with Crippen molar-refractivity contribution in [3.05, 3.63) is 53.7 Å². The van der Waals surface area contributed by atoms with Gasteiger partial charge in [-0.2, -0.15) is 4.98 Å². The number of halogens is 2. The Bertz CT molecular complexity index is 955. The van der Waals surface area contributed by atoms with Crippen molar-refractivity contribution in [2.24, 2.45) is 5.10 Å². The molecular formula is C15H11F2N7O. The molecule has 1 aliphatic rings. The average Bonchev–Trinajstić information content (AvgIpc) is 3.24.